The van der Waals surface area contributed by atoms with E-state index in [2.05, 4.69) is 10.4 Å². The van der Waals surface area contributed by atoms with Gasteiger partial charge in [0, 0.05) is 57.8 Å². The summed E-state index contributed by atoms with van der Waals surface area (Å²) in [6.45, 7) is 2.18. The fourth-order valence-corrected chi connectivity index (χ4v) is 2.59. The molecule has 6 nitrogen and oxygen atoms in total. The lowest BCUT2D eigenvalue weighted by Gasteiger charge is -2.26. The Hall–Kier alpha value is -1.85. The Kier molecular flexibility index (Phi) is 5.78. The Labute approximate surface area is 125 Å². The van der Waals surface area contributed by atoms with Gasteiger partial charge in [-0.3, -0.25) is 14.3 Å². The first-order valence-electron chi connectivity index (χ1n) is 7.68. The summed E-state index contributed by atoms with van der Waals surface area (Å²) in [7, 11) is 1.90. The molecular weight excluding hydrogens is 268 g/mol. The number of carbonyl (C=O) groups is 2. The first kappa shape index (κ1) is 15.5. The van der Waals surface area contributed by atoms with Crippen molar-refractivity contribution in [2.24, 2.45) is 7.05 Å². The van der Waals surface area contributed by atoms with Crippen LogP contribution >= 0.6 is 0 Å². The van der Waals surface area contributed by atoms with Crippen LogP contribution in [0.5, 0.6) is 0 Å². The van der Waals surface area contributed by atoms with E-state index >= 15 is 0 Å². The van der Waals surface area contributed by atoms with E-state index in [9.17, 15) is 9.59 Å². The van der Waals surface area contributed by atoms with Gasteiger partial charge in [0.15, 0.2) is 0 Å². The molecule has 1 aromatic rings. The van der Waals surface area contributed by atoms with Crippen molar-refractivity contribution in [2.75, 3.05) is 19.6 Å². The molecule has 0 atom stereocenters. The lowest BCUT2D eigenvalue weighted by molar-refractivity contribution is -0.133. The zero-order valence-electron chi connectivity index (χ0n) is 12.7. The van der Waals surface area contributed by atoms with Crippen LogP contribution in [0.4, 0.5) is 0 Å². The zero-order chi connectivity index (χ0) is 15.1. The van der Waals surface area contributed by atoms with E-state index in [1.54, 1.807) is 6.20 Å². The summed E-state index contributed by atoms with van der Waals surface area (Å²) in [5.41, 5.74) is 1.11. The quantitative estimate of drug-likeness (QED) is 0.811. The van der Waals surface area contributed by atoms with Crippen molar-refractivity contribution in [1.82, 2.24) is 20.0 Å². The summed E-state index contributed by atoms with van der Waals surface area (Å²) < 4.78 is 1.81. The predicted octanol–water partition coefficient (Wildman–Crippen LogP) is 0.871. The van der Waals surface area contributed by atoms with Crippen LogP contribution in [0.15, 0.2) is 12.3 Å². The average Bonchev–Trinajstić information content (AvgIpc) is 2.87. The molecule has 21 heavy (non-hydrogen) atoms. The van der Waals surface area contributed by atoms with Crippen LogP contribution in [0.2, 0.25) is 0 Å². The van der Waals surface area contributed by atoms with E-state index in [4.69, 9.17) is 0 Å². The third-order valence-electron chi connectivity index (χ3n) is 3.88. The second-order valence-corrected chi connectivity index (χ2v) is 5.49. The highest BCUT2D eigenvalue weighted by Gasteiger charge is 2.17. The molecule has 2 heterocycles. The molecular formula is C15H24N4O2. The Bertz CT molecular complexity index is 484. The van der Waals surface area contributed by atoms with Gasteiger partial charge in [-0.05, 0) is 25.3 Å². The van der Waals surface area contributed by atoms with Gasteiger partial charge in [-0.2, -0.15) is 5.10 Å². The van der Waals surface area contributed by atoms with Crippen LogP contribution in [0.1, 0.15) is 37.8 Å². The van der Waals surface area contributed by atoms with Crippen molar-refractivity contribution < 1.29 is 9.59 Å². The van der Waals surface area contributed by atoms with Crippen LogP contribution < -0.4 is 5.32 Å². The molecule has 0 saturated carbocycles. The number of carbonyl (C=O) groups excluding carboxylic acids is 2. The third kappa shape index (κ3) is 4.88. The van der Waals surface area contributed by atoms with Crippen LogP contribution in [0.3, 0.4) is 0 Å². The first-order valence-corrected chi connectivity index (χ1v) is 7.68. The number of hydrogen-bond acceptors (Lipinski definition) is 3. The summed E-state index contributed by atoms with van der Waals surface area (Å²) in [6, 6.07) is 1.95. The van der Waals surface area contributed by atoms with Crippen LogP contribution in [-0.4, -0.2) is 46.1 Å². The molecule has 1 saturated heterocycles. The van der Waals surface area contributed by atoms with Crippen molar-refractivity contribution in [3.63, 3.8) is 0 Å². The van der Waals surface area contributed by atoms with Crippen molar-refractivity contribution in [3.8, 4) is 0 Å². The highest BCUT2D eigenvalue weighted by atomic mass is 16.2. The van der Waals surface area contributed by atoms with Crippen molar-refractivity contribution >= 4 is 11.8 Å². The first-order chi connectivity index (χ1) is 10.2. The van der Waals surface area contributed by atoms with Gasteiger partial charge in [0.25, 0.3) is 0 Å². The minimum atomic E-state index is 0.0571. The Morgan fingerprint density at radius 1 is 1.43 bits per heavy atom. The highest BCUT2D eigenvalue weighted by molar-refractivity contribution is 5.77. The molecule has 1 fully saturated rings. The maximum absolute atomic E-state index is 11.7. The fraction of sp³-hybridized carbons (Fsp3) is 0.667. The topological polar surface area (TPSA) is 67.2 Å². The smallest absolute Gasteiger partial charge is 0.222 e. The normalized spacial score (nSPS) is 15.3. The molecule has 1 aliphatic heterocycles. The van der Waals surface area contributed by atoms with E-state index in [1.165, 1.54) is 0 Å². The van der Waals surface area contributed by atoms with E-state index < -0.39 is 0 Å². The van der Waals surface area contributed by atoms with Gasteiger partial charge in [-0.25, -0.2) is 0 Å². The van der Waals surface area contributed by atoms with Crippen molar-refractivity contribution in [1.29, 1.82) is 0 Å². The monoisotopic (exact) mass is 292 g/mol. The van der Waals surface area contributed by atoms with Gasteiger partial charge in [0.2, 0.25) is 11.8 Å². The molecule has 6 heteroatoms. The highest BCUT2D eigenvalue weighted by Crippen LogP contribution is 2.11. The number of nitrogens with zero attached hydrogens (tertiary/aromatic N) is 3. The van der Waals surface area contributed by atoms with E-state index in [0.29, 0.717) is 25.9 Å². The molecule has 1 N–H and O–H groups in total. The fourth-order valence-electron chi connectivity index (χ4n) is 2.59. The minimum absolute atomic E-state index is 0.0571. The zero-order valence-corrected chi connectivity index (χ0v) is 12.7. The Balaban J connectivity index is 1.57. The number of hydrogen-bond donors (Lipinski definition) is 1. The second kappa shape index (κ2) is 7.81. The van der Waals surface area contributed by atoms with Gasteiger partial charge >= 0.3 is 0 Å². The second-order valence-electron chi connectivity index (χ2n) is 5.49. The van der Waals surface area contributed by atoms with Gasteiger partial charge in [-0.15, -0.1) is 0 Å². The van der Waals surface area contributed by atoms with Crippen molar-refractivity contribution in [3.05, 3.63) is 18.0 Å². The molecule has 0 bridgehead atoms. The molecule has 1 aliphatic rings. The molecule has 0 radical (unpaired) electrons. The number of rotatable bonds is 7. The largest absolute Gasteiger partial charge is 0.356 e. The summed E-state index contributed by atoms with van der Waals surface area (Å²) in [6.07, 6.45) is 6.52. The third-order valence-corrected chi connectivity index (χ3v) is 3.88. The summed E-state index contributed by atoms with van der Waals surface area (Å²) >= 11 is 0. The van der Waals surface area contributed by atoms with Crippen molar-refractivity contribution in [2.45, 2.75) is 38.5 Å². The number of aromatic nitrogens is 2. The van der Waals surface area contributed by atoms with E-state index in [0.717, 1.165) is 37.9 Å². The minimum Gasteiger partial charge on any atom is -0.356 e. The lowest BCUT2D eigenvalue weighted by Crippen LogP contribution is -2.36. The number of nitrogens with one attached hydrogen (secondary N) is 1. The Morgan fingerprint density at radius 3 is 3.00 bits per heavy atom. The van der Waals surface area contributed by atoms with E-state index in [1.807, 2.05) is 22.7 Å². The SMILES string of the molecule is Cn1nccc1CCNC(=O)CCCN1CCCCC1=O. The van der Waals surface area contributed by atoms with Gasteiger partial charge < -0.3 is 10.2 Å². The van der Waals surface area contributed by atoms with Gasteiger partial charge in [0.1, 0.15) is 0 Å². The molecule has 2 rings (SSSR count). The average molecular weight is 292 g/mol. The van der Waals surface area contributed by atoms with Gasteiger partial charge in [-0.1, -0.05) is 0 Å². The maximum atomic E-state index is 11.7. The molecule has 116 valence electrons. The predicted molar refractivity (Wildman–Crippen MR) is 79.6 cm³/mol. The van der Waals surface area contributed by atoms with Gasteiger partial charge in [0.05, 0.1) is 0 Å². The lowest BCUT2D eigenvalue weighted by atomic mass is 10.1. The summed E-state index contributed by atoms with van der Waals surface area (Å²) in [4.78, 5) is 25.2. The maximum Gasteiger partial charge on any atom is 0.222 e. The van der Waals surface area contributed by atoms with Crippen LogP contribution in [0.25, 0.3) is 0 Å². The van der Waals surface area contributed by atoms with Crippen LogP contribution in [0, 0.1) is 0 Å². The van der Waals surface area contributed by atoms with E-state index in [-0.39, 0.29) is 11.8 Å². The Morgan fingerprint density at radius 2 is 2.29 bits per heavy atom. The molecule has 0 spiro atoms. The number of piperidine rings is 1. The molecule has 1 aromatic heterocycles. The number of amides is 2. The molecule has 0 unspecified atom stereocenters. The molecule has 0 aliphatic carbocycles. The standard InChI is InChI=1S/C15H24N4O2/c1-18-13(8-10-17-18)7-9-16-14(20)5-4-12-19-11-3-2-6-15(19)21/h8,10H,2-7,9,11-12H2,1H3,(H,16,20). The molecule has 2 amide bonds. The summed E-state index contributed by atoms with van der Waals surface area (Å²) in [5.74, 6) is 0.291. The molecule has 0 aromatic carbocycles. The number of likely N-dealkylation sites (tertiary alicyclic amines) is 1. The number of aryl methyl sites for hydroxylation is 1. The summed E-state index contributed by atoms with van der Waals surface area (Å²) in [5, 5.41) is 7.00. The van der Waals surface area contributed by atoms with Crippen LogP contribution in [-0.2, 0) is 23.1 Å².